The predicted molar refractivity (Wildman–Crippen MR) is 50.3 cm³/mol. The second kappa shape index (κ2) is 5.19. The molecule has 0 aliphatic carbocycles. The third-order valence-electron chi connectivity index (χ3n) is 2.29. The highest BCUT2D eigenvalue weighted by Gasteiger charge is 2.20. The molecule has 1 unspecified atom stereocenters. The fourth-order valence-electron chi connectivity index (χ4n) is 1.46. The highest BCUT2D eigenvalue weighted by atomic mass is 16.3. The van der Waals surface area contributed by atoms with Crippen LogP contribution in [0.15, 0.2) is 0 Å². The lowest BCUT2D eigenvalue weighted by Gasteiger charge is -2.23. The summed E-state index contributed by atoms with van der Waals surface area (Å²) in [7, 11) is 0. The van der Waals surface area contributed by atoms with Gasteiger partial charge in [0, 0.05) is 6.04 Å². The quantitative estimate of drug-likeness (QED) is 0.563. The molecule has 1 fully saturated rings. The van der Waals surface area contributed by atoms with Crippen molar-refractivity contribution < 1.29 is 9.90 Å². The van der Waals surface area contributed by atoms with Gasteiger partial charge in [0.25, 0.3) is 0 Å². The molecular formula is C9H18N2O2. The van der Waals surface area contributed by atoms with Crippen LogP contribution in [0.25, 0.3) is 0 Å². The molecule has 1 aliphatic rings. The van der Waals surface area contributed by atoms with E-state index >= 15 is 0 Å². The van der Waals surface area contributed by atoms with Gasteiger partial charge < -0.3 is 15.7 Å². The van der Waals surface area contributed by atoms with Gasteiger partial charge >= 0.3 is 0 Å². The second-order valence-corrected chi connectivity index (χ2v) is 3.59. The zero-order valence-electron chi connectivity index (χ0n) is 8.05. The average molecular weight is 186 g/mol. The molecule has 0 aromatic carbocycles. The number of piperidine rings is 1. The van der Waals surface area contributed by atoms with Crippen LogP contribution < -0.4 is 10.6 Å². The van der Waals surface area contributed by atoms with E-state index in [9.17, 15) is 4.79 Å². The first-order valence-electron chi connectivity index (χ1n) is 4.88. The van der Waals surface area contributed by atoms with E-state index in [1.54, 1.807) is 6.92 Å². The molecule has 4 heteroatoms. The van der Waals surface area contributed by atoms with Crippen molar-refractivity contribution >= 4 is 5.91 Å². The Morgan fingerprint density at radius 1 is 1.69 bits per heavy atom. The second-order valence-electron chi connectivity index (χ2n) is 3.59. The van der Waals surface area contributed by atoms with E-state index in [0.29, 0.717) is 0 Å². The SMILES string of the molecule is C[C@@H](CO)NC(=O)C1CCCCN1. The Labute approximate surface area is 78.7 Å². The Bertz CT molecular complexity index is 167. The van der Waals surface area contributed by atoms with Gasteiger partial charge in [-0.25, -0.2) is 0 Å². The van der Waals surface area contributed by atoms with Gasteiger partial charge in [-0.15, -0.1) is 0 Å². The van der Waals surface area contributed by atoms with Crippen LogP contribution in [0, 0.1) is 0 Å². The van der Waals surface area contributed by atoms with Gasteiger partial charge in [-0.3, -0.25) is 4.79 Å². The van der Waals surface area contributed by atoms with Crippen molar-refractivity contribution in [3.05, 3.63) is 0 Å². The molecule has 3 N–H and O–H groups in total. The topological polar surface area (TPSA) is 61.4 Å². The van der Waals surface area contributed by atoms with Crippen molar-refractivity contribution in [1.82, 2.24) is 10.6 Å². The molecule has 0 spiro atoms. The molecule has 1 heterocycles. The molecule has 2 atom stereocenters. The van der Waals surface area contributed by atoms with Crippen molar-refractivity contribution in [2.24, 2.45) is 0 Å². The van der Waals surface area contributed by atoms with Crippen LogP contribution in [0.3, 0.4) is 0 Å². The first-order valence-corrected chi connectivity index (χ1v) is 4.88. The summed E-state index contributed by atoms with van der Waals surface area (Å²) < 4.78 is 0. The van der Waals surface area contributed by atoms with Crippen molar-refractivity contribution in [3.63, 3.8) is 0 Å². The molecule has 1 rings (SSSR count). The van der Waals surface area contributed by atoms with E-state index in [2.05, 4.69) is 10.6 Å². The summed E-state index contributed by atoms with van der Waals surface area (Å²) in [6.07, 6.45) is 3.17. The smallest absolute Gasteiger partial charge is 0.237 e. The summed E-state index contributed by atoms with van der Waals surface area (Å²) in [6, 6.07) is -0.195. The summed E-state index contributed by atoms with van der Waals surface area (Å²) in [5.41, 5.74) is 0. The number of aliphatic hydroxyl groups excluding tert-OH is 1. The Morgan fingerprint density at radius 2 is 2.46 bits per heavy atom. The van der Waals surface area contributed by atoms with E-state index in [4.69, 9.17) is 5.11 Å². The molecule has 0 aromatic heterocycles. The number of carbonyl (C=O) groups excluding carboxylic acids is 1. The van der Waals surface area contributed by atoms with Gasteiger partial charge in [-0.2, -0.15) is 0 Å². The van der Waals surface area contributed by atoms with Crippen molar-refractivity contribution in [2.75, 3.05) is 13.2 Å². The summed E-state index contributed by atoms with van der Waals surface area (Å²) in [6.45, 7) is 2.71. The third kappa shape index (κ3) is 3.32. The normalized spacial score (nSPS) is 25.2. The van der Waals surface area contributed by atoms with Gasteiger partial charge in [0.1, 0.15) is 0 Å². The maximum Gasteiger partial charge on any atom is 0.237 e. The fraction of sp³-hybridized carbons (Fsp3) is 0.889. The summed E-state index contributed by atoms with van der Waals surface area (Å²) in [5.74, 6) is 0.0150. The Kier molecular flexibility index (Phi) is 4.18. The number of aliphatic hydroxyl groups is 1. The minimum absolute atomic E-state index is 0.00153. The molecule has 0 bridgehead atoms. The van der Waals surface area contributed by atoms with Gasteiger partial charge in [0.2, 0.25) is 5.91 Å². The van der Waals surface area contributed by atoms with E-state index in [1.807, 2.05) is 0 Å². The van der Waals surface area contributed by atoms with Crippen molar-refractivity contribution in [1.29, 1.82) is 0 Å². The van der Waals surface area contributed by atoms with Crippen LogP contribution in [0.5, 0.6) is 0 Å². The highest BCUT2D eigenvalue weighted by molar-refractivity contribution is 5.82. The molecule has 4 nitrogen and oxygen atoms in total. The van der Waals surface area contributed by atoms with Crippen LogP contribution in [-0.4, -0.2) is 36.2 Å². The number of amides is 1. The van der Waals surface area contributed by atoms with Gasteiger partial charge in [0.15, 0.2) is 0 Å². The molecule has 0 radical (unpaired) electrons. The number of hydrogen-bond donors (Lipinski definition) is 3. The molecule has 1 aliphatic heterocycles. The van der Waals surface area contributed by atoms with Crippen molar-refractivity contribution in [3.8, 4) is 0 Å². The lowest BCUT2D eigenvalue weighted by atomic mass is 10.0. The van der Waals surface area contributed by atoms with Crippen LogP contribution in [0.4, 0.5) is 0 Å². The first-order chi connectivity index (χ1) is 6.24. The van der Waals surface area contributed by atoms with E-state index in [1.165, 1.54) is 0 Å². The van der Waals surface area contributed by atoms with Crippen molar-refractivity contribution in [2.45, 2.75) is 38.3 Å². The van der Waals surface area contributed by atoms with Gasteiger partial charge in [0.05, 0.1) is 12.6 Å². The summed E-state index contributed by atoms with van der Waals surface area (Å²) >= 11 is 0. The number of rotatable bonds is 3. The largest absolute Gasteiger partial charge is 0.394 e. The lowest BCUT2D eigenvalue weighted by Crippen LogP contribution is -2.49. The minimum Gasteiger partial charge on any atom is -0.394 e. The molecule has 76 valence electrons. The molecule has 0 aromatic rings. The molecule has 1 amide bonds. The van der Waals surface area contributed by atoms with Crippen LogP contribution >= 0.6 is 0 Å². The minimum atomic E-state index is -0.142. The van der Waals surface area contributed by atoms with Gasteiger partial charge in [-0.05, 0) is 26.3 Å². The molecule has 1 saturated heterocycles. The zero-order valence-corrected chi connectivity index (χ0v) is 8.05. The number of carbonyl (C=O) groups is 1. The standard InChI is InChI=1S/C9H18N2O2/c1-7(6-12)11-9(13)8-4-2-3-5-10-8/h7-8,10,12H,2-6H2,1H3,(H,11,13)/t7-,8?/m0/s1. The van der Waals surface area contributed by atoms with E-state index in [0.717, 1.165) is 25.8 Å². The Morgan fingerprint density at radius 3 is 3.00 bits per heavy atom. The van der Waals surface area contributed by atoms with E-state index in [-0.39, 0.29) is 24.6 Å². The lowest BCUT2D eigenvalue weighted by molar-refractivity contribution is -0.124. The zero-order chi connectivity index (χ0) is 9.68. The fourth-order valence-corrected chi connectivity index (χ4v) is 1.46. The first kappa shape index (κ1) is 10.5. The molecule has 13 heavy (non-hydrogen) atoms. The van der Waals surface area contributed by atoms with Crippen LogP contribution in [-0.2, 0) is 4.79 Å². The molecule has 0 saturated carbocycles. The van der Waals surface area contributed by atoms with Crippen LogP contribution in [0.2, 0.25) is 0 Å². The van der Waals surface area contributed by atoms with E-state index < -0.39 is 0 Å². The molecular weight excluding hydrogens is 168 g/mol. The third-order valence-corrected chi connectivity index (χ3v) is 2.29. The number of hydrogen-bond acceptors (Lipinski definition) is 3. The average Bonchev–Trinajstić information content (AvgIpc) is 2.19. The monoisotopic (exact) mass is 186 g/mol. The van der Waals surface area contributed by atoms with Crippen LogP contribution in [0.1, 0.15) is 26.2 Å². The van der Waals surface area contributed by atoms with Gasteiger partial charge in [-0.1, -0.05) is 6.42 Å². The number of nitrogens with one attached hydrogen (secondary N) is 2. The summed E-state index contributed by atoms with van der Waals surface area (Å²) in [5, 5.41) is 14.6. The maximum atomic E-state index is 11.5. The Hall–Kier alpha value is -0.610. The Balaban J connectivity index is 2.29. The maximum absolute atomic E-state index is 11.5. The predicted octanol–water partition coefficient (Wildman–Crippen LogP) is -0.374. The highest BCUT2D eigenvalue weighted by Crippen LogP contribution is 2.06. The summed E-state index contributed by atoms with van der Waals surface area (Å²) in [4.78, 5) is 11.5.